The molecule has 18 heavy (non-hydrogen) atoms. The molecule has 1 aromatic rings. The number of nitrogens with zero attached hydrogens (tertiary/aromatic N) is 1. The van der Waals surface area contributed by atoms with Crippen molar-refractivity contribution in [1.29, 1.82) is 0 Å². The van der Waals surface area contributed by atoms with E-state index in [0.29, 0.717) is 19.4 Å². The number of ether oxygens (including phenoxy) is 1. The molecule has 0 amide bonds. The lowest BCUT2D eigenvalue weighted by atomic mass is 10.1. The first-order chi connectivity index (χ1) is 8.77. The van der Waals surface area contributed by atoms with Crippen LogP contribution >= 0.6 is 0 Å². The molecule has 1 aromatic carbocycles. The van der Waals surface area contributed by atoms with E-state index in [0.717, 1.165) is 24.2 Å². The van der Waals surface area contributed by atoms with Gasteiger partial charge in [0.15, 0.2) is 5.78 Å². The van der Waals surface area contributed by atoms with E-state index in [4.69, 9.17) is 4.74 Å². The van der Waals surface area contributed by atoms with E-state index in [1.54, 1.807) is 0 Å². The highest BCUT2D eigenvalue weighted by Gasteiger charge is 2.34. The van der Waals surface area contributed by atoms with Crippen LogP contribution in [0.4, 0.5) is 5.69 Å². The third-order valence-electron chi connectivity index (χ3n) is 3.60. The summed E-state index contributed by atoms with van der Waals surface area (Å²) in [5.74, 6) is -0.00128. The zero-order valence-corrected chi connectivity index (χ0v) is 10.1. The van der Waals surface area contributed by atoms with Crippen LogP contribution in [-0.2, 0) is 9.53 Å². The summed E-state index contributed by atoms with van der Waals surface area (Å²) in [7, 11) is 0. The van der Waals surface area contributed by atoms with Crippen LogP contribution in [0.5, 0.6) is 0 Å². The zero-order valence-electron chi connectivity index (χ0n) is 10.1. The standard InChI is InChI=1S/C14H15NO3/c16-13-6-3-8-15(12-7-9-18-14(12)17)11-5-2-1-4-10(11)13/h1-2,4-5,12H,3,6-9H2. The summed E-state index contributed by atoms with van der Waals surface area (Å²) >= 11 is 0. The normalized spacial score (nSPS) is 23.6. The number of cyclic esters (lactones) is 1. The van der Waals surface area contributed by atoms with Crippen molar-refractivity contribution in [3.8, 4) is 0 Å². The largest absolute Gasteiger partial charge is 0.464 e. The minimum Gasteiger partial charge on any atom is -0.464 e. The zero-order chi connectivity index (χ0) is 12.5. The molecule has 0 bridgehead atoms. The van der Waals surface area contributed by atoms with Gasteiger partial charge in [-0.1, -0.05) is 12.1 Å². The van der Waals surface area contributed by atoms with Crippen LogP contribution in [0.25, 0.3) is 0 Å². The maximum absolute atomic E-state index is 12.0. The quantitative estimate of drug-likeness (QED) is 0.708. The van der Waals surface area contributed by atoms with Crippen molar-refractivity contribution in [2.45, 2.75) is 25.3 Å². The lowest BCUT2D eigenvalue weighted by Crippen LogP contribution is -2.39. The van der Waals surface area contributed by atoms with Gasteiger partial charge in [0.2, 0.25) is 0 Å². The van der Waals surface area contributed by atoms with Gasteiger partial charge in [0.1, 0.15) is 6.04 Å². The molecule has 1 fully saturated rings. The Morgan fingerprint density at radius 2 is 2.06 bits per heavy atom. The van der Waals surface area contributed by atoms with Gasteiger partial charge in [0, 0.05) is 30.6 Å². The number of hydrogen-bond acceptors (Lipinski definition) is 4. The molecule has 3 rings (SSSR count). The molecule has 0 aliphatic carbocycles. The molecule has 0 radical (unpaired) electrons. The fourth-order valence-corrected chi connectivity index (χ4v) is 2.72. The monoisotopic (exact) mass is 245 g/mol. The second-order valence-electron chi connectivity index (χ2n) is 4.71. The lowest BCUT2D eigenvalue weighted by Gasteiger charge is -2.28. The van der Waals surface area contributed by atoms with Crippen LogP contribution in [0.3, 0.4) is 0 Å². The van der Waals surface area contributed by atoms with Gasteiger partial charge in [-0.15, -0.1) is 0 Å². The molecule has 1 unspecified atom stereocenters. The fourth-order valence-electron chi connectivity index (χ4n) is 2.72. The average molecular weight is 245 g/mol. The van der Waals surface area contributed by atoms with Crippen LogP contribution in [-0.4, -0.2) is 30.9 Å². The van der Waals surface area contributed by atoms with Crippen molar-refractivity contribution >= 4 is 17.4 Å². The predicted molar refractivity (Wildman–Crippen MR) is 66.7 cm³/mol. The Morgan fingerprint density at radius 3 is 2.83 bits per heavy atom. The smallest absolute Gasteiger partial charge is 0.328 e. The summed E-state index contributed by atoms with van der Waals surface area (Å²) in [5.41, 5.74) is 1.61. The average Bonchev–Trinajstić information content (AvgIpc) is 2.73. The second kappa shape index (κ2) is 4.44. The number of fused-ring (bicyclic) bond motifs is 1. The number of esters is 1. The molecule has 4 nitrogen and oxygen atoms in total. The highest BCUT2D eigenvalue weighted by atomic mass is 16.5. The van der Waals surface area contributed by atoms with Crippen molar-refractivity contribution in [1.82, 2.24) is 0 Å². The molecule has 2 heterocycles. The Hall–Kier alpha value is -1.84. The van der Waals surface area contributed by atoms with Gasteiger partial charge in [-0.3, -0.25) is 4.79 Å². The van der Waals surface area contributed by atoms with Crippen molar-refractivity contribution in [3.05, 3.63) is 29.8 Å². The van der Waals surface area contributed by atoms with Crippen molar-refractivity contribution < 1.29 is 14.3 Å². The Labute approximate surface area is 106 Å². The maximum Gasteiger partial charge on any atom is 0.328 e. The highest BCUT2D eigenvalue weighted by molar-refractivity contribution is 6.02. The summed E-state index contributed by atoms with van der Waals surface area (Å²) in [4.78, 5) is 25.8. The van der Waals surface area contributed by atoms with E-state index in [9.17, 15) is 9.59 Å². The molecular weight excluding hydrogens is 230 g/mol. The molecule has 0 N–H and O–H groups in total. The first kappa shape index (κ1) is 11.3. The van der Waals surface area contributed by atoms with Gasteiger partial charge in [-0.05, 0) is 18.6 Å². The summed E-state index contributed by atoms with van der Waals surface area (Å²) in [6.45, 7) is 1.22. The van der Waals surface area contributed by atoms with Crippen LogP contribution in [0, 0.1) is 0 Å². The number of hydrogen-bond donors (Lipinski definition) is 0. The third kappa shape index (κ3) is 1.78. The number of Topliss-reactive ketones (excluding diaryl/α,β-unsaturated/α-hetero) is 1. The van der Waals surface area contributed by atoms with E-state index in [1.807, 2.05) is 29.2 Å². The van der Waals surface area contributed by atoms with E-state index in [2.05, 4.69) is 0 Å². The van der Waals surface area contributed by atoms with E-state index < -0.39 is 0 Å². The fraction of sp³-hybridized carbons (Fsp3) is 0.429. The number of anilines is 1. The van der Waals surface area contributed by atoms with Crippen LogP contribution < -0.4 is 4.90 Å². The molecule has 0 spiro atoms. The minimum atomic E-state index is -0.225. The van der Waals surface area contributed by atoms with Crippen LogP contribution in [0.15, 0.2) is 24.3 Å². The predicted octanol–water partition coefficient (Wildman–Crippen LogP) is 1.78. The first-order valence-electron chi connectivity index (χ1n) is 6.33. The number of para-hydroxylation sites is 1. The number of benzene rings is 1. The van der Waals surface area contributed by atoms with Gasteiger partial charge < -0.3 is 9.64 Å². The summed E-state index contributed by atoms with van der Waals surface area (Å²) in [6.07, 6.45) is 2.05. The number of carbonyl (C=O) groups is 2. The van der Waals surface area contributed by atoms with Crippen LogP contribution in [0.2, 0.25) is 0 Å². The Kier molecular flexibility index (Phi) is 2.78. The number of rotatable bonds is 1. The first-order valence-corrected chi connectivity index (χ1v) is 6.33. The molecule has 2 aliphatic heterocycles. The van der Waals surface area contributed by atoms with E-state index in [1.165, 1.54) is 0 Å². The molecule has 1 saturated heterocycles. The summed E-state index contributed by atoms with van der Waals surface area (Å²) < 4.78 is 5.04. The van der Waals surface area contributed by atoms with Gasteiger partial charge >= 0.3 is 5.97 Å². The summed E-state index contributed by atoms with van der Waals surface area (Å²) in [5, 5.41) is 0. The minimum absolute atomic E-state index is 0.166. The summed E-state index contributed by atoms with van der Waals surface area (Å²) in [6, 6.07) is 7.32. The Bertz CT molecular complexity index is 498. The number of ketones is 1. The maximum atomic E-state index is 12.0. The van der Waals surface area contributed by atoms with Crippen LogP contribution in [0.1, 0.15) is 29.6 Å². The molecule has 0 aromatic heterocycles. The van der Waals surface area contributed by atoms with E-state index in [-0.39, 0.29) is 17.8 Å². The molecule has 4 heteroatoms. The second-order valence-corrected chi connectivity index (χ2v) is 4.71. The van der Waals surface area contributed by atoms with E-state index >= 15 is 0 Å². The molecule has 94 valence electrons. The number of carbonyl (C=O) groups excluding carboxylic acids is 2. The lowest BCUT2D eigenvalue weighted by molar-refractivity contribution is -0.139. The molecular formula is C14H15NO3. The van der Waals surface area contributed by atoms with Gasteiger partial charge in [0.25, 0.3) is 0 Å². The van der Waals surface area contributed by atoms with Crippen molar-refractivity contribution in [2.75, 3.05) is 18.1 Å². The topological polar surface area (TPSA) is 46.6 Å². The SMILES string of the molecule is O=C1CCCN(C2CCOC2=O)c2ccccc21. The highest BCUT2D eigenvalue weighted by Crippen LogP contribution is 2.30. The van der Waals surface area contributed by atoms with Gasteiger partial charge in [0.05, 0.1) is 6.61 Å². The van der Waals surface area contributed by atoms with Gasteiger partial charge in [-0.25, -0.2) is 4.79 Å². The molecule has 2 aliphatic rings. The molecule has 0 saturated carbocycles. The third-order valence-corrected chi connectivity index (χ3v) is 3.60. The van der Waals surface area contributed by atoms with Crippen molar-refractivity contribution in [2.24, 2.45) is 0 Å². The van der Waals surface area contributed by atoms with Crippen molar-refractivity contribution in [3.63, 3.8) is 0 Å². The Balaban J connectivity index is 2.02. The Morgan fingerprint density at radius 1 is 1.22 bits per heavy atom. The molecule has 1 atom stereocenters. The van der Waals surface area contributed by atoms with Gasteiger partial charge in [-0.2, -0.15) is 0 Å².